The third-order valence-corrected chi connectivity index (χ3v) is 5.43. The van der Waals surface area contributed by atoms with Gasteiger partial charge in [-0.2, -0.15) is 0 Å². The van der Waals surface area contributed by atoms with Gasteiger partial charge >= 0.3 is 0 Å². The zero-order chi connectivity index (χ0) is 14.9. The fourth-order valence-corrected chi connectivity index (χ4v) is 4.66. The number of ether oxygens (including phenoxy) is 2. The van der Waals surface area contributed by atoms with Crippen LogP contribution in [0, 0.1) is 0 Å². The minimum Gasteiger partial charge on any atom is -0.394 e. The van der Waals surface area contributed by atoms with E-state index < -0.39 is 11.0 Å². The largest absolute Gasteiger partial charge is 0.394 e. The van der Waals surface area contributed by atoms with Gasteiger partial charge in [0.05, 0.1) is 24.9 Å². The van der Waals surface area contributed by atoms with Crippen molar-refractivity contribution in [2.45, 2.75) is 66.7 Å². The molecule has 0 aliphatic carbocycles. The predicted octanol–water partition coefficient (Wildman–Crippen LogP) is -1.96. The van der Waals surface area contributed by atoms with E-state index in [-0.39, 0.29) is 36.1 Å². The maximum Gasteiger partial charge on any atom is 0.139 e. The summed E-state index contributed by atoms with van der Waals surface area (Å²) in [5, 5.41) is 29.9. The van der Waals surface area contributed by atoms with Crippen molar-refractivity contribution in [3.05, 3.63) is 0 Å². The number of aliphatic hydroxyl groups is 3. The smallest absolute Gasteiger partial charge is 0.139 e. The molecule has 2 heterocycles. The molecule has 0 aromatic rings. The number of aliphatic hydroxyl groups excluding tert-OH is 2. The summed E-state index contributed by atoms with van der Waals surface area (Å²) in [5.41, 5.74) is 0. The molecule has 2 rings (SSSR count). The number of hydrogen-bond donors (Lipinski definition) is 3. The van der Waals surface area contributed by atoms with E-state index in [1.165, 1.54) is 11.8 Å². The molecule has 0 amide bonds. The van der Waals surface area contributed by atoms with E-state index in [1.807, 2.05) is 15.7 Å². The van der Waals surface area contributed by atoms with Gasteiger partial charge in [-0.05, 0) is 19.8 Å². The van der Waals surface area contributed by atoms with Crippen molar-refractivity contribution in [3.63, 3.8) is 0 Å². The maximum atomic E-state index is 10.6. The fourth-order valence-electron chi connectivity index (χ4n) is 3.07. The Morgan fingerprint density at radius 2 is 1.80 bits per heavy atom. The van der Waals surface area contributed by atoms with Gasteiger partial charge in [0, 0.05) is 23.7 Å². The molecule has 20 heavy (non-hydrogen) atoms. The lowest BCUT2D eigenvalue weighted by Gasteiger charge is -2.30. The Labute approximate surface area is 126 Å². The molecular weight excluding hydrogens is 278 g/mol. The summed E-state index contributed by atoms with van der Waals surface area (Å²) >= 11 is 1.42. The lowest BCUT2D eigenvalue weighted by molar-refractivity contribution is -0.00824. The number of hydrogen-bond acceptors (Lipinski definition) is 6. The van der Waals surface area contributed by atoms with Crippen molar-refractivity contribution >= 4 is 27.5 Å². The van der Waals surface area contributed by atoms with Crippen molar-refractivity contribution in [1.29, 1.82) is 0 Å². The Hall–Kier alpha value is 0.280. The van der Waals surface area contributed by atoms with Gasteiger partial charge in [0.25, 0.3) is 0 Å². The van der Waals surface area contributed by atoms with Crippen LogP contribution in [0.4, 0.5) is 0 Å². The van der Waals surface area contributed by atoms with E-state index in [0.29, 0.717) is 12.8 Å². The van der Waals surface area contributed by atoms with Crippen LogP contribution in [-0.4, -0.2) is 78.1 Å². The van der Waals surface area contributed by atoms with Crippen LogP contribution in [0.15, 0.2) is 0 Å². The topological polar surface area (TPSA) is 79.2 Å². The molecule has 0 radical (unpaired) electrons. The van der Waals surface area contributed by atoms with E-state index >= 15 is 0 Å². The Balaban J connectivity index is 1.90. The summed E-state index contributed by atoms with van der Waals surface area (Å²) in [6, 6.07) is 0.143. The van der Waals surface area contributed by atoms with Crippen LogP contribution in [0.5, 0.6) is 0 Å². The molecule has 3 unspecified atom stereocenters. The highest BCUT2D eigenvalue weighted by atomic mass is 32.2. The van der Waals surface area contributed by atoms with Crippen LogP contribution >= 0.6 is 11.8 Å². The van der Waals surface area contributed by atoms with Crippen molar-refractivity contribution in [3.8, 4) is 0 Å². The van der Waals surface area contributed by atoms with Crippen LogP contribution in [0.1, 0.15) is 26.2 Å². The third kappa shape index (κ3) is 4.15. The van der Waals surface area contributed by atoms with Crippen LogP contribution in [0.3, 0.4) is 0 Å². The monoisotopic (exact) mass is 302 g/mol. The zero-order valence-electron chi connectivity index (χ0n) is 12.4. The Morgan fingerprint density at radius 1 is 1.20 bits per heavy atom. The molecule has 2 aliphatic heterocycles. The van der Waals surface area contributed by atoms with E-state index in [4.69, 9.17) is 9.47 Å². The Morgan fingerprint density at radius 3 is 2.35 bits per heavy atom. The molecular formula is C12H24B2O5S. The van der Waals surface area contributed by atoms with Gasteiger partial charge in [-0.1, -0.05) is 0 Å². The fraction of sp³-hybridized carbons (Fsp3) is 1.00. The summed E-state index contributed by atoms with van der Waals surface area (Å²) in [6.45, 7) is 1.71. The van der Waals surface area contributed by atoms with Crippen molar-refractivity contribution in [2.24, 2.45) is 0 Å². The molecule has 5 nitrogen and oxygen atoms in total. The van der Waals surface area contributed by atoms with Gasteiger partial charge in [0.1, 0.15) is 20.6 Å². The molecule has 0 aromatic carbocycles. The average Bonchev–Trinajstić information content (AvgIpc) is 2.81. The molecule has 3 N–H and O–H groups in total. The van der Waals surface area contributed by atoms with Crippen LogP contribution < -0.4 is 0 Å². The van der Waals surface area contributed by atoms with E-state index in [0.717, 1.165) is 6.42 Å². The lowest BCUT2D eigenvalue weighted by atomic mass is 9.95. The van der Waals surface area contributed by atoms with Gasteiger partial charge < -0.3 is 24.8 Å². The Bertz CT molecular complexity index is 333. The molecule has 2 aliphatic rings. The van der Waals surface area contributed by atoms with Crippen molar-refractivity contribution in [1.82, 2.24) is 0 Å². The standard InChI is InChI=1S/C12H24B2O5S/c1-12(17,4-7-6(16)2-10(13)18-7)20-9-3-11(14)19-8(9)5-15/h6-11,15-17H,2-5,13-14H2,1H3/t6?,7-,8-,9?,10-,11-,12?/m1/s1. The second-order valence-electron chi connectivity index (χ2n) is 6.23. The van der Waals surface area contributed by atoms with Gasteiger partial charge in [0.15, 0.2) is 0 Å². The molecule has 114 valence electrons. The van der Waals surface area contributed by atoms with E-state index in [1.54, 1.807) is 6.92 Å². The first-order chi connectivity index (χ1) is 9.30. The molecule has 7 atom stereocenters. The average molecular weight is 302 g/mol. The molecule has 2 saturated heterocycles. The van der Waals surface area contributed by atoms with Crippen molar-refractivity contribution in [2.75, 3.05) is 6.61 Å². The number of thioether (sulfide) groups is 1. The first kappa shape index (κ1) is 16.6. The number of rotatable bonds is 5. The quantitative estimate of drug-likeness (QED) is 0.404. The van der Waals surface area contributed by atoms with Crippen molar-refractivity contribution < 1.29 is 24.8 Å². The minimum absolute atomic E-state index is 0.0301. The van der Waals surface area contributed by atoms with Gasteiger partial charge in [-0.25, -0.2) is 0 Å². The molecule has 8 heteroatoms. The highest BCUT2D eigenvalue weighted by Crippen LogP contribution is 2.40. The summed E-state index contributed by atoms with van der Waals surface area (Å²) < 4.78 is 11.3. The van der Waals surface area contributed by atoms with Crippen LogP contribution in [0.2, 0.25) is 0 Å². The molecule has 0 aromatic heterocycles. The molecule has 2 fully saturated rings. The second kappa shape index (κ2) is 6.58. The Kier molecular flexibility index (Phi) is 5.48. The summed E-state index contributed by atoms with van der Waals surface area (Å²) in [6.07, 6.45) is 0.760. The first-order valence-electron chi connectivity index (χ1n) is 7.31. The first-order valence-corrected chi connectivity index (χ1v) is 8.18. The zero-order valence-corrected chi connectivity index (χ0v) is 13.2. The lowest BCUT2D eigenvalue weighted by Crippen LogP contribution is -2.35. The van der Waals surface area contributed by atoms with Gasteiger partial charge in [-0.15, -0.1) is 11.8 Å². The summed E-state index contributed by atoms with van der Waals surface area (Å²) in [4.78, 5) is -0.999. The van der Waals surface area contributed by atoms with E-state index in [9.17, 15) is 15.3 Å². The van der Waals surface area contributed by atoms with Gasteiger partial charge in [0.2, 0.25) is 0 Å². The highest BCUT2D eigenvalue weighted by molar-refractivity contribution is 8.01. The minimum atomic E-state index is -0.999. The van der Waals surface area contributed by atoms with Gasteiger partial charge in [-0.3, -0.25) is 0 Å². The van der Waals surface area contributed by atoms with E-state index in [2.05, 4.69) is 0 Å². The molecule has 0 saturated carbocycles. The summed E-state index contributed by atoms with van der Waals surface area (Å²) in [5.74, 6) is 0. The highest BCUT2D eigenvalue weighted by Gasteiger charge is 2.41. The SMILES string of the molecule is B[C@H]1CC(O)[C@@H](CC(C)(O)SC2C[C@H](B)O[C@@H]2CO)O1. The predicted molar refractivity (Wildman–Crippen MR) is 83.4 cm³/mol. The second-order valence-corrected chi connectivity index (χ2v) is 7.95. The summed E-state index contributed by atoms with van der Waals surface area (Å²) in [7, 11) is 3.91. The third-order valence-electron chi connectivity index (χ3n) is 3.96. The van der Waals surface area contributed by atoms with Crippen LogP contribution in [0.25, 0.3) is 0 Å². The normalized spacial score (nSPS) is 44.6. The molecule has 0 bridgehead atoms. The maximum absolute atomic E-state index is 10.6. The molecule has 0 spiro atoms. The van der Waals surface area contributed by atoms with Crippen LogP contribution in [-0.2, 0) is 9.47 Å².